The Morgan fingerprint density at radius 2 is 1.19 bits per heavy atom. The van der Waals surface area contributed by atoms with E-state index >= 15 is 0 Å². The zero-order valence-electron chi connectivity index (χ0n) is 25.9. The van der Waals surface area contributed by atoms with Gasteiger partial charge in [0.2, 0.25) is 0 Å². The minimum absolute atomic E-state index is 0.137. The van der Waals surface area contributed by atoms with E-state index in [1.54, 1.807) is 31.4 Å². The highest BCUT2D eigenvalue weighted by atomic mass is 19.4. The van der Waals surface area contributed by atoms with Crippen molar-refractivity contribution in [3.63, 3.8) is 0 Å². The van der Waals surface area contributed by atoms with E-state index in [0.29, 0.717) is 17.8 Å². The number of fused-ring (bicyclic) bond motifs is 2. The number of alkyl halides is 6. The van der Waals surface area contributed by atoms with Crippen LogP contribution in [0.5, 0.6) is 5.75 Å². The van der Waals surface area contributed by atoms with E-state index in [1.165, 1.54) is 0 Å². The summed E-state index contributed by atoms with van der Waals surface area (Å²) in [4.78, 5) is 0. The topological polar surface area (TPSA) is 47.3 Å². The molecule has 0 radical (unpaired) electrons. The first kappa shape index (κ1) is 32.0. The number of methoxy groups -OCH3 is 1. The number of hydrogen-bond acceptors (Lipinski definition) is 3. The number of hydrogen-bond donors (Lipinski definition) is 1. The summed E-state index contributed by atoms with van der Waals surface area (Å²) in [5.74, 6) is 2.00. The van der Waals surface area contributed by atoms with Crippen molar-refractivity contribution in [3.05, 3.63) is 113 Å². The van der Waals surface area contributed by atoms with Crippen LogP contribution in [0, 0.1) is 17.8 Å². The van der Waals surface area contributed by atoms with Crippen LogP contribution in [-0.2, 0) is 25.2 Å². The SMILES string of the molecule is COc1ccc(-c2ccc(-n3nc(-c4ccc(-c5cc(C(F)(F)F)cc(C(F)(F)F)c5)cc4)c4c3CC[C@H]3[C@@H](CO)[C@H]3CC4)cc2)cc1. The van der Waals surface area contributed by atoms with Crippen molar-refractivity contribution >= 4 is 0 Å². The number of benzene rings is 4. The minimum Gasteiger partial charge on any atom is -0.497 e. The van der Waals surface area contributed by atoms with Crippen molar-refractivity contribution in [1.82, 2.24) is 9.78 Å². The molecule has 0 spiro atoms. The third kappa shape index (κ3) is 6.09. The van der Waals surface area contributed by atoms with Gasteiger partial charge in [-0.25, -0.2) is 4.68 Å². The van der Waals surface area contributed by atoms with Gasteiger partial charge in [-0.2, -0.15) is 31.4 Å². The number of rotatable bonds is 6. The zero-order valence-corrected chi connectivity index (χ0v) is 25.9. The van der Waals surface area contributed by atoms with E-state index in [2.05, 4.69) is 0 Å². The van der Waals surface area contributed by atoms with Crippen molar-refractivity contribution in [2.45, 2.75) is 38.0 Å². The molecule has 10 heteroatoms. The lowest BCUT2D eigenvalue weighted by Crippen LogP contribution is -2.11. The molecule has 0 aliphatic heterocycles. The van der Waals surface area contributed by atoms with Crippen LogP contribution in [0.25, 0.3) is 39.2 Å². The second-order valence-corrected chi connectivity index (χ2v) is 12.6. The Labute approximate surface area is 273 Å². The molecule has 1 aromatic heterocycles. The number of aromatic nitrogens is 2. The molecule has 48 heavy (non-hydrogen) atoms. The van der Waals surface area contributed by atoms with E-state index < -0.39 is 23.5 Å². The summed E-state index contributed by atoms with van der Waals surface area (Å²) >= 11 is 0. The van der Waals surface area contributed by atoms with Gasteiger partial charge in [-0.3, -0.25) is 0 Å². The van der Waals surface area contributed by atoms with E-state index in [-0.39, 0.29) is 23.8 Å². The molecular weight excluding hydrogens is 630 g/mol. The van der Waals surface area contributed by atoms with Crippen molar-refractivity contribution < 1.29 is 36.2 Å². The number of ether oxygens (including phenoxy) is 1. The average molecular weight is 663 g/mol. The Morgan fingerprint density at radius 1 is 0.688 bits per heavy atom. The molecule has 0 bridgehead atoms. The van der Waals surface area contributed by atoms with Gasteiger partial charge in [0.25, 0.3) is 0 Å². The van der Waals surface area contributed by atoms with Gasteiger partial charge in [-0.15, -0.1) is 0 Å². The zero-order chi connectivity index (χ0) is 33.8. The van der Waals surface area contributed by atoms with Crippen LogP contribution >= 0.6 is 0 Å². The lowest BCUT2D eigenvalue weighted by atomic mass is 9.93. The summed E-state index contributed by atoms with van der Waals surface area (Å²) in [5, 5.41) is 15.0. The van der Waals surface area contributed by atoms with Gasteiger partial charge in [0.05, 0.1) is 29.6 Å². The lowest BCUT2D eigenvalue weighted by molar-refractivity contribution is -0.143. The molecule has 1 heterocycles. The Hall–Kier alpha value is -4.57. The first-order valence-electron chi connectivity index (χ1n) is 15.8. The van der Waals surface area contributed by atoms with Gasteiger partial charge in [0, 0.05) is 23.4 Å². The summed E-state index contributed by atoms with van der Waals surface area (Å²) in [5.41, 5.74) is 3.90. The second kappa shape index (κ2) is 12.1. The Kier molecular flexibility index (Phi) is 8.10. The molecule has 0 unspecified atom stereocenters. The van der Waals surface area contributed by atoms with Crippen molar-refractivity contribution in [1.29, 1.82) is 0 Å². The third-order valence-corrected chi connectivity index (χ3v) is 9.87. The van der Waals surface area contributed by atoms with Crippen LogP contribution in [0.1, 0.15) is 35.2 Å². The summed E-state index contributed by atoms with van der Waals surface area (Å²) in [6.07, 6.45) is -6.52. The van der Waals surface area contributed by atoms with E-state index in [9.17, 15) is 31.4 Å². The molecule has 4 nitrogen and oxygen atoms in total. The van der Waals surface area contributed by atoms with E-state index in [0.717, 1.165) is 82.9 Å². The number of nitrogens with zero attached hydrogens (tertiary/aromatic N) is 2. The van der Waals surface area contributed by atoms with Crippen LogP contribution < -0.4 is 4.74 Å². The molecule has 7 rings (SSSR count). The molecule has 5 aromatic rings. The standard InChI is InChI=1S/C38H32F6N2O2/c1-48-30-12-8-23(9-13-30)22-6-10-29(11-7-22)46-35-17-16-32-31(34(32)21-47)14-15-33(35)36(45-46)25-4-2-24(3-5-25)26-18-27(37(39,40)41)20-28(19-26)38(42,43)44/h2-13,18-20,31-32,34,47H,14-17,21H2,1H3/t31-,32+,34-/m0/s1. The van der Waals surface area contributed by atoms with E-state index in [1.807, 2.05) is 53.2 Å². The number of halogens is 6. The first-order chi connectivity index (χ1) is 22.9. The molecule has 0 amide bonds. The molecule has 4 aromatic carbocycles. The molecule has 1 fully saturated rings. The number of aliphatic hydroxyl groups excluding tert-OH is 1. The predicted octanol–water partition coefficient (Wildman–Crippen LogP) is 9.65. The van der Waals surface area contributed by atoms with E-state index in [4.69, 9.17) is 9.84 Å². The van der Waals surface area contributed by atoms with Crippen LogP contribution in [0.15, 0.2) is 91.0 Å². The summed E-state index contributed by atoms with van der Waals surface area (Å²) < 4.78 is 88.3. The van der Waals surface area contributed by atoms with Gasteiger partial charge >= 0.3 is 12.4 Å². The molecule has 2 aliphatic carbocycles. The minimum atomic E-state index is -4.93. The fourth-order valence-corrected chi connectivity index (χ4v) is 7.24. The highest BCUT2D eigenvalue weighted by Crippen LogP contribution is 2.53. The molecular formula is C38H32F6N2O2. The van der Waals surface area contributed by atoms with Crippen molar-refractivity contribution in [2.24, 2.45) is 17.8 Å². The van der Waals surface area contributed by atoms with Crippen molar-refractivity contribution in [3.8, 4) is 44.9 Å². The normalized spacial score (nSPS) is 19.2. The highest BCUT2D eigenvalue weighted by Gasteiger charge is 2.49. The average Bonchev–Trinajstić information content (AvgIpc) is 3.62. The van der Waals surface area contributed by atoms with Crippen LogP contribution in [0.3, 0.4) is 0 Å². The van der Waals surface area contributed by atoms with Gasteiger partial charge in [0.15, 0.2) is 0 Å². The quantitative estimate of drug-likeness (QED) is 0.184. The third-order valence-electron chi connectivity index (χ3n) is 9.87. The molecule has 248 valence electrons. The predicted molar refractivity (Wildman–Crippen MR) is 171 cm³/mol. The van der Waals surface area contributed by atoms with Crippen LogP contribution in [-0.4, -0.2) is 28.6 Å². The molecule has 1 N–H and O–H groups in total. The Morgan fingerprint density at radius 3 is 1.73 bits per heavy atom. The lowest BCUT2D eigenvalue weighted by Gasteiger charge is -2.15. The maximum Gasteiger partial charge on any atom is 0.416 e. The second-order valence-electron chi connectivity index (χ2n) is 12.6. The van der Waals surface area contributed by atoms with Crippen molar-refractivity contribution in [2.75, 3.05) is 13.7 Å². The maximum atomic E-state index is 13.5. The molecule has 3 atom stereocenters. The molecule has 0 saturated heterocycles. The van der Waals surface area contributed by atoms with Crippen LogP contribution in [0.2, 0.25) is 0 Å². The summed E-state index contributed by atoms with van der Waals surface area (Å²) in [7, 11) is 1.62. The molecule has 1 saturated carbocycles. The van der Waals surface area contributed by atoms with Gasteiger partial charge in [-0.05, 0) is 108 Å². The fourth-order valence-electron chi connectivity index (χ4n) is 7.24. The molecule has 2 aliphatic rings. The smallest absolute Gasteiger partial charge is 0.416 e. The van der Waals surface area contributed by atoms with Gasteiger partial charge < -0.3 is 9.84 Å². The first-order valence-corrected chi connectivity index (χ1v) is 15.8. The summed E-state index contributed by atoms with van der Waals surface area (Å²) in [6.45, 7) is 0.171. The Bertz CT molecular complexity index is 1900. The monoisotopic (exact) mass is 662 g/mol. The Balaban J connectivity index is 1.26. The van der Waals surface area contributed by atoms with Gasteiger partial charge in [-0.1, -0.05) is 48.5 Å². The summed E-state index contributed by atoms with van der Waals surface area (Å²) in [6, 6.07) is 24.0. The number of aliphatic hydroxyl groups is 1. The fraction of sp³-hybridized carbons (Fsp3) is 0.289. The highest BCUT2D eigenvalue weighted by molar-refractivity contribution is 5.72. The van der Waals surface area contributed by atoms with Gasteiger partial charge in [0.1, 0.15) is 5.75 Å². The van der Waals surface area contributed by atoms with Crippen LogP contribution in [0.4, 0.5) is 26.3 Å². The largest absolute Gasteiger partial charge is 0.497 e. The maximum absolute atomic E-state index is 13.5.